The van der Waals surface area contributed by atoms with Crippen LogP contribution in [0, 0.1) is 0 Å². The second kappa shape index (κ2) is 12.4. The van der Waals surface area contributed by atoms with Gasteiger partial charge < -0.3 is 23.1 Å². The molecule has 12 rings (SSSR count). The van der Waals surface area contributed by atoms with Gasteiger partial charge in [-0.1, -0.05) is 97.1 Å². The van der Waals surface area contributed by atoms with Crippen molar-refractivity contribution < 1.29 is 13.3 Å². The number of benzene rings is 9. The van der Waals surface area contributed by atoms with Crippen molar-refractivity contribution in [3.05, 3.63) is 194 Å². The molecule has 0 N–H and O–H groups in total. The summed E-state index contributed by atoms with van der Waals surface area (Å²) in [6.07, 6.45) is 0. The first-order chi connectivity index (χ1) is 28.2. The number of fused-ring (bicyclic) bond motifs is 10. The standard InChI is InChI=1S/C52H32N2O3/c1-3-15-35(16-4-1)53(36-17-5-2-6-18-36)39-29-45-44-27-33-13-7-8-14-34(33)28-49(44)57-52(45)46(30-39)54(37-23-25-42-40-19-9-11-21-47(40)55-50(42)31-37)38-24-26-43-41-20-10-12-22-48(41)56-51(43)32-38/h1-32H. The van der Waals surface area contributed by atoms with Gasteiger partial charge in [-0.05, 0) is 95.7 Å². The molecule has 0 radical (unpaired) electrons. The van der Waals surface area contributed by atoms with E-state index < -0.39 is 0 Å². The van der Waals surface area contributed by atoms with Crippen LogP contribution in [0.25, 0.3) is 76.6 Å². The monoisotopic (exact) mass is 732 g/mol. The van der Waals surface area contributed by atoms with E-state index in [9.17, 15) is 0 Å². The van der Waals surface area contributed by atoms with E-state index in [0.29, 0.717) is 0 Å². The third kappa shape index (κ3) is 5.03. The summed E-state index contributed by atoms with van der Waals surface area (Å²) >= 11 is 0. The van der Waals surface area contributed by atoms with E-state index in [1.54, 1.807) is 0 Å². The fraction of sp³-hybridized carbons (Fsp3) is 0. The van der Waals surface area contributed by atoms with Gasteiger partial charge in [0.1, 0.15) is 27.9 Å². The van der Waals surface area contributed by atoms with Gasteiger partial charge in [-0.25, -0.2) is 0 Å². The first-order valence-electron chi connectivity index (χ1n) is 19.2. The molecule has 5 heteroatoms. The lowest BCUT2D eigenvalue weighted by atomic mass is 10.0. The van der Waals surface area contributed by atoms with Crippen LogP contribution in [0.15, 0.2) is 207 Å². The molecule has 0 aliphatic heterocycles. The van der Waals surface area contributed by atoms with Crippen LogP contribution in [-0.2, 0) is 0 Å². The molecule has 268 valence electrons. The fourth-order valence-corrected chi connectivity index (χ4v) is 8.56. The van der Waals surface area contributed by atoms with Gasteiger partial charge in [-0.3, -0.25) is 0 Å². The molecule has 0 aliphatic carbocycles. The minimum absolute atomic E-state index is 0.777. The van der Waals surface area contributed by atoms with Crippen LogP contribution in [0.5, 0.6) is 0 Å². The Bertz CT molecular complexity index is 3330. The topological polar surface area (TPSA) is 45.9 Å². The number of anilines is 6. The predicted octanol–water partition coefficient (Wildman–Crippen LogP) is 15.5. The van der Waals surface area contributed by atoms with E-state index in [-0.39, 0.29) is 0 Å². The summed E-state index contributed by atoms with van der Waals surface area (Å²) in [5, 5.41) is 8.65. The maximum atomic E-state index is 7.03. The zero-order chi connectivity index (χ0) is 37.5. The quantitative estimate of drug-likeness (QED) is 0.170. The molecule has 3 heterocycles. The van der Waals surface area contributed by atoms with Crippen molar-refractivity contribution in [2.24, 2.45) is 0 Å². The normalized spacial score (nSPS) is 11.9. The van der Waals surface area contributed by atoms with Crippen LogP contribution in [0.2, 0.25) is 0 Å². The molecule has 0 unspecified atom stereocenters. The van der Waals surface area contributed by atoms with E-state index >= 15 is 0 Å². The minimum atomic E-state index is 0.777. The Morgan fingerprint density at radius 1 is 0.263 bits per heavy atom. The van der Waals surface area contributed by atoms with Crippen molar-refractivity contribution in [1.82, 2.24) is 0 Å². The van der Waals surface area contributed by atoms with Gasteiger partial charge >= 0.3 is 0 Å². The van der Waals surface area contributed by atoms with Crippen LogP contribution < -0.4 is 9.80 Å². The van der Waals surface area contributed by atoms with Crippen molar-refractivity contribution in [2.75, 3.05) is 9.80 Å². The molecule has 57 heavy (non-hydrogen) atoms. The summed E-state index contributed by atoms with van der Waals surface area (Å²) in [7, 11) is 0. The van der Waals surface area contributed by atoms with Gasteiger partial charge in [0.2, 0.25) is 0 Å². The number of furan rings is 3. The number of hydrogen-bond acceptors (Lipinski definition) is 5. The third-order valence-corrected chi connectivity index (χ3v) is 11.2. The largest absolute Gasteiger partial charge is 0.456 e. The maximum absolute atomic E-state index is 7.03. The lowest BCUT2D eigenvalue weighted by Crippen LogP contribution is -2.13. The van der Waals surface area contributed by atoms with E-state index in [4.69, 9.17) is 13.3 Å². The molecule has 5 nitrogen and oxygen atoms in total. The molecular weight excluding hydrogens is 701 g/mol. The van der Waals surface area contributed by atoms with E-state index in [1.165, 1.54) is 0 Å². The summed E-state index contributed by atoms with van der Waals surface area (Å²) < 4.78 is 20.0. The summed E-state index contributed by atoms with van der Waals surface area (Å²) in [5.41, 5.74) is 10.7. The first-order valence-corrected chi connectivity index (χ1v) is 19.2. The Hall–Kier alpha value is -7.76. The molecule has 9 aromatic carbocycles. The van der Waals surface area contributed by atoms with Gasteiger partial charge in [0.25, 0.3) is 0 Å². The van der Waals surface area contributed by atoms with Crippen LogP contribution >= 0.6 is 0 Å². The van der Waals surface area contributed by atoms with E-state index in [2.05, 4.69) is 180 Å². The molecule has 0 fully saturated rings. The van der Waals surface area contributed by atoms with Crippen molar-refractivity contribution in [3.63, 3.8) is 0 Å². The average molecular weight is 733 g/mol. The Labute approximate surface area is 326 Å². The van der Waals surface area contributed by atoms with Crippen molar-refractivity contribution >= 4 is 111 Å². The highest BCUT2D eigenvalue weighted by molar-refractivity contribution is 6.16. The molecule has 3 aromatic heterocycles. The molecule has 0 aliphatic rings. The summed E-state index contributed by atoms with van der Waals surface area (Å²) in [5.74, 6) is 0. The molecule has 12 aromatic rings. The highest BCUT2D eigenvalue weighted by atomic mass is 16.3. The number of para-hydroxylation sites is 4. The number of hydrogen-bond donors (Lipinski definition) is 0. The Kier molecular flexibility index (Phi) is 6.86. The maximum Gasteiger partial charge on any atom is 0.159 e. The van der Waals surface area contributed by atoms with Gasteiger partial charge in [0.05, 0.1) is 17.1 Å². The second-order valence-electron chi connectivity index (χ2n) is 14.5. The lowest BCUT2D eigenvalue weighted by Gasteiger charge is -2.29. The van der Waals surface area contributed by atoms with Gasteiger partial charge in [-0.2, -0.15) is 0 Å². The van der Waals surface area contributed by atoms with Crippen molar-refractivity contribution in [2.45, 2.75) is 0 Å². The SMILES string of the molecule is c1ccc(N(c2ccccc2)c2cc(N(c3ccc4c(c3)oc3ccccc34)c3ccc4c(c3)oc3ccccc34)c3oc4cc5ccccc5cc4c3c2)cc1. The Morgan fingerprint density at radius 2 is 0.754 bits per heavy atom. The fourth-order valence-electron chi connectivity index (χ4n) is 8.56. The molecule has 0 amide bonds. The molecule has 0 saturated heterocycles. The van der Waals surface area contributed by atoms with Gasteiger partial charge in [0.15, 0.2) is 5.58 Å². The lowest BCUT2D eigenvalue weighted by molar-refractivity contribution is 0.667. The molecular formula is C52H32N2O3. The Balaban J connectivity index is 1.19. The summed E-state index contributed by atoms with van der Waals surface area (Å²) in [6.45, 7) is 0. The average Bonchev–Trinajstić information content (AvgIpc) is 3.94. The molecule has 0 bridgehead atoms. The second-order valence-corrected chi connectivity index (χ2v) is 14.5. The third-order valence-electron chi connectivity index (χ3n) is 11.2. The summed E-state index contributed by atoms with van der Waals surface area (Å²) in [6, 6.07) is 67.8. The highest BCUT2D eigenvalue weighted by Crippen LogP contribution is 2.49. The van der Waals surface area contributed by atoms with Gasteiger partial charge in [-0.15, -0.1) is 0 Å². The molecule has 0 spiro atoms. The number of nitrogens with zero attached hydrogens (tertiary/aromatic N) is 2. The number of rotatable bonds is 6. The van der Waals surface area contributed by atoms with Crippen LogP contribution in [0.3, 0.4) is 0 Å². The highest BCUT2D eigenvalue weighted by Gasteiger charge is 2.25. The first kappa shape index (κ1) is 31.6. The van der Waals surface area contributed by atoms with Crippen molar-refractivity contribution in [3.8, 4) is 0 Å². The summed E-state index contributed by atoms with van der Waals surface area (Å²) in [4.78, 5) is 4.59. The molecule has 0 atom stereocenters. The van der Waals surface area contributed by atoms with Gasteiger partial charge in [0, 0.05) is 61.5 Å². The smallest absolute Gasteiger partial charge is 0.159 e. The molecule has 0 saturated carbocycles. The Morgan fingerprint density at radius 3 is 1.35 bits per heavy atom. The predicted molar refractivity (Wildman–Crippen MR) is 235 cm³/mol. The van der Waals surface area contributed by atoms with Crippen LogP contribution in [0.1, 0.15) is 0 Å². The van der Waals surface area contributed by atoms with Crippen molar-refractivity contribution in [1.29, 1.82) is 0 Å². The van der Waals surface area contributed by atoms with Crippen LogP contribution in [-0.4, -0.2) is 0 Å². The zero-order valence-electron chi connectivity index (χ0n) is 30.6. The minimum Gasteiger partial charge on any atom is -0.456 e. The van der Waals surface area contributed by atoms with E-state index in [0.717, 1.165) is 111 Å². The van der Waals surface area contributed by atoms with Crippen LogP contribution in [0.4, 0.5) is 34.1 Å². The zero-order valence-corrected chi connectivity index (χ0v) is 30.6. The van der Waals surface area contributed by atoms with E-state index in [1.807, 2.05) is 24.3 Å².